The van der Waals surface area contributed by atoms with E-state index in [1.165, 1.54) is 21.4 Å². The van der Waals surface area contributed by atoms with Crippen LogP contribution in [0.15, 0.2) is 30.3 Å². The lowest BCUT2D eigenvalue weighted by molar-refractivity contribution is 0.520. The molecular weight excluding hydrogens is 233 g/mol. The highest BCUT2D eigenvalue weighted by molar-refractivity contribution is 7.15. The van der Waals surface area contributed by atoms with Crippen molar-refractivity contribution in [2.45, 2.75) is 25.9 Å². The molecule has 0 radical (unpaired) electrons. The normalized spacial score (nSPS) is 19.1. The quantitative estimate of drug-likeness (QED) is 0.812. The van der Waals surface area contributed by atoms with Crippen LogP contribution in [0.4, 0.5) is 4.39 Å². The van der Waals surface area contributed by atoms with Gasteiger partial charge in [-0.15, -0.1) is 11.3 Å². The molecule has 1 aromatic carbocycles. The third-order valence-corrected chi connectivity index (χ3v) is 4.39. The molecule has 0 saturated heterocycles. The van der Waals surface area contributed by atoms with E-state index in [1.807, 2.05) is 6.07 Å². The topological polar surface area (TPSA) is 12.0 Å². The molecule has 1 nitrogen and oxygen atoms in total. The zero-order valence-corrected chi connectivity index (χ0v) is 10.5. The standard InChI is InChI=1S/C14H14FNS/c1-9-5-13-11(8-16-9)7-14(17-13)10-3-2-4-12(15)6-10/h2-4,6-7,9,16H,5,8H2,1H3. The molecule has 2 heterocycles. The third-order valence-electron chi connectivity index (χ3n) is 3.14. The van der Waals surface area contributed by atoms with Crippen molar-refractivity contribution in [3.8, 4) is 10.4 Å². The van der Waals surface area contributed by atoms with Crippen LogP contribution >= 0.6 is 11.3 Å². The van der Waals surface area contributed by atoms with E-state index in [9.17, 15) is 4.39 Å². The smallest absolute Gasteiger partial charge is 0.123 e. The largest absolute Gasteiger partial charge is 0.310 e. The minimum absolute atomic E-state index is 0.166. The first kappa shape index (κ1) is 10.9. The Morgan fingerprint density at radius 1 is 1.35 bits per heavy atom. The van der Waals surface area contributed by atoms with Gasteiger partial charge in [-0.25, -0.2) is 4.39 Å². The van der Waals surface area contributed by atoms with Gasteiger partial charge in [0.25, 0.3) is 0 Å². The number of hydrogen-bond donors (Lipinski definition) is 1. The lowest BCUT2D eigenvalue weighted by Gasteiger charge is -2.19. The molecule has 3 rings (SSSR count). The molecule has 0 amide bonds. The van der Waals surface area contributed by atoms with Crippen LogP contribution < -0.4 is 5.32 Å². The van der Waals surface area contributed by atoms with Gasteiger partial charge < -0.3 is 5.32 Å². The summed E-state index contributed by atoms with van der Waals surface area (Å²) < 4.78 is 13.2. The molecule has 88 valence electrons. The Bertz CT molecular complexity index is 547. The molecular formula is C14H14FNS. The maximum Gasteiger partial charge on any atom is 0.123 e. The summed E-state index contributed by atoms with van der Waals surface area (Å²) in [7, 11) is 0. The van der Waals surface area contributed by atoms with Crippen molar-refractivity contribution in [1.82, 2.24) is 5.32 Å². The van der Waals surface area contributed by atoms with Crippen LogP contribution in [-0.4, -0.2) is 6.04 Å². The summed E-state index contributed by atoms with van der Waals surface area (Å²) in [5.41, 5.74) is 2.35. The Morgan fingerprint density at radius 2 is 2.24 bits per heavy atom. The number of nitrogens with one attached hydrogen (secondary N) is 1. The van der Waals surface area contributed by atoms with Gasteiger partial charge in [0.1, 0.15) is 5.82 Å². The van der Waals surface area contributed by atoms with Crippen molar-refractivity contribution in [1.29, 1.82) is 0 Å². The zero-order valence-electron chi connectivity index (χ0n) is 9.66. The monoisotopic (exact) mass is 247 g/mol. The molecule has 1 aliphatic rings. The van der Waals surface area contributed by atoms with E-state index in [0.717, 1.165) is 18.5 Å². The molecule has 3 heteroatoms. The van der Waals surface area contributed by atoms with E-state index >= 15 is 0 Å². The Balaban J connectivity index is 2.00. The molecule has 0 saturated carbocycles. The van der Waals surface area contributed by atoms with Crippen LogP contribution in [0.1, 0.15) is 17.4 Å². The predicted octanol–water partition coefficient (Wildman–Crippen LogP) is 3.59. The highest BCUT2D eigenvalue weighted by atomic mass is 32.1. The second-order valence-electron chi connectivity index (χ2n) is 4.56. The van der Waals surface area contributed by atoms with Crippen molar-refractivity contribution in [2.75, 3.05) is 0 Å². The van der Waals surface area contributed by atoms with Crippen LogP contribution in [0.25, 0.3) is 10.4 Å². The zero-order chi connectivity index (χ0) is 11.8. The summed E-state index contributed by atoms with van der Waals surface area (Å²) in [6.45, 7) is 3.13. The van der Waals surface area contributed by atoms with Crippen LogP contribution in [0.5, 0.6) is 0 Å². The fourth-order valence-corrected chi connectivity index (χ4v) is 3.51. The van der Waals surface area contributed by atoms with Crippen molar-refractivity contribution in [2.24, 2.45) is 0 Å². The summed E-state index contributed by atoms with van der Waals surface area (Å²) in [6.07, 6.45) is 1.08. The Kier molecular flexibility index (Phi) is 2.73. The van der Waals surface area contributed by atoms with Gasteiger partial charge in [0, 0.05) is 22.3 Å². The molecule has 1 aromatic heterocycles. The first-order valence-corrected chi connectivity index (χ1v) is 6.65. The summed E-state index contributed by atoms with van der Waals surface area (Å²) in [5, 5.41) is 3.45. The molecule has 1 unspecified atom stereocenters. The van der Waals surface area contributed by atoms with Gasteiger partial charge in [-0.3, -0.25) is 0 Å². The molecule has 0 bridgehead atoms. The predicted molar refractivity (Wildman–Crippen MR) is 69.7 cm³/mol. The molecule has 17 heavy (non-hydrogen) atoms. The second kappa shape index (κ2) is 4.24. The minimum atomic E-state index is -0.166. The van der Waals surface area contributed by atoms with Gasteiger partial charge in [-0.1, -0.05) is 12.1 Å². The van der Waals surface area contributed by atoms with E-state index in [0.29, 0.717) is 6.04 Å². The SMILES string of the molecule is CC1Cc2sc(-c3cccc(F)c3)cc2CN1. The molecule has 1 aliphatic heterocycles. The lowest BCUT2D eigenvalue weighted by atomic mass is 10.0. The van der Waals surface area contributed by atoms with E-state index in [-0.39, 0.29) is 5.82 Å². The Labute approximate surface area is 104 Å². The summed E-state index contributed by atoms with van der Waals surface area (Å²) in [5.74, 6) is -0.166. The minimum Gasteiger partial charge on any atom is -0.310 e. The summed E-state index contributed by atoms with van der Waals surface area (Å²) >= 11 is 1.79. The Hall–Kier alpha value is -1.19. The molecule has 0 fully saturated rings. The fraction of sp³-hybridized carbons (Fsp3) is 0.286. The van der Waals surface area contributed by atoms with Gasteiger partial charge in [0.15, 0.2) is 0 Å². The van der Waals surface area contributed by atoms with Crippen LogP contribution in [0, 0.1) is 5.82 Å². The second-order valence-corrected chi connectivity index (χ2v) is 5.69. The maximum absolute atomic E-state index is 13.2. The average molecular weight is 247 g/mol. The Morgan fingerprint density at radius 3 is 3.06 bits per heavy atom. The van der Waals surface area contributed by atoms with Crippen LogP contribution in [0.2, 0.25) is 0 Å². The van der Waals surface area contributed by atoms with Crippen LogP contribution in [0.3, 0.4) is 0 Å². The number of benzene rings is 1. The summed E-state index contributed by atoms with van der Waals surface area (Å²) in [4.78, 5) is 2.61. The fourth-order valence-electron chi connectivity index (χ4n) is 2.21. The number of halogens is 1. The third kappa shape index (κ3) is 2.13. The van der Waals surface area contributed by atoms with E-state index < -0.39 is 0 Å². The van der Waals surface area contributed by atoms with Crippen LogP contribution in [-0.2, 0) is 13.0 Å². The van der Waals surface area contributed by atoms with Crippen molar-refractivity contribution >= 4 is 11.3 Å². The first-order valence-electron chi connectivity index (χ1n) is 5.83. The molecule has 0 aliphatic carbocycles. The van der Waals surface area contributed by atoms with Crippen molar-refractivity contribution < 1.29 is 4.39 Å². The van der Waals surface area contributed by atoms with Gasteiger partial charge in [0.2, 0.25) is 0 Å². The number of rotatable bonds is 1. The van der Waals surface area contributed by atoms with Crippen molar-refractivity contribution in [3.63, 3.8) is 0 Å². The van der Waals surface area contributed by atoms with Gasteiger partial charge in [-0.2, -0.15) is 0 Å². The molecule has 2 aromatic rings. The highest BCUT2D eigenvalue weighted by Crippen LogP contribution is 2.34. The maximum atomic E-state index is 13.2. The van der Waals surface area contributed by atoms with Crippen molar-refractivity contribution in [3.05, 3.63) is 46.6 Å². The number of thiophene rings is 1. The number of hydrogen-bond acceptors (Lipinski definition) is 2. The summed E-state index contributed by atoms with van der Waals surface area (Å²) in [6, 6.07) is 9.56. The van der Waals surface area contributed by atoms with E-state index in [1.54, 1.807) is 23.5 Å². The molecule has 0 spiro atoms. The van der Waals surface area contributed by atoms with Gasteiger partial charge >= 0.3 is 0 Å². The van der Waals surface area contributed by atoms with E-state index in [2.05, 4.69) is 18.3 Å². The first-order chi connectivity index (χ1) is 8.22. The number of fused-ring (bicyclic) bond motifs is 1. The molecule has 1 atom stereocenters. The lowest BCUT2D eigenvalue weighted by Crippen LogP contribution is -2.31. The average Bonchev–Trinajstić information content (AvgIpc) is 2.72. The van der Waals surface area contributed by atoms with Gasteiger partial charge in [-0.05, 0) is 42.7 Å². The van der Waals surface area contributed by atoms with Gasteiger partial charge in [0.05, 0.1) is 0 Å². The molecule has 1 N–H and O–H groups in total. The highest BCUT2D eigenvalue weighted by Gasteiger charge is 2.18. The van der Waals surface area contributed by atoms with E-state index in [4.69, 9.17) is 0 Å².